The molecule has 0 radical (unpaired) electrons. The van der Waals surface area contributed by atoms with Gasteiger partial charge in [-0.2, -0.15) is 0 Å². The predicted octanol–water partition coefficient (Wildman–Crippen LogP) is 8.04. The highest BCUT2D eigenvalue weighted by Crippen LogP contribution is 2.69. The molecule has 0 saturated heterocycles. The number of rotatable bonds is 5. The number of aliphatic hydroxyl groups is 3. The third-order valence-corrected chi connectivity index (χ3v) is 15.3. The van der Waals surface area contributed by atoms with Crippen molar-refractivity contribution in [3.8, 4) is 0 Å². The first-order chi connectivity index (χ1) is 17.7. The van der Waals surface area contributed by atoms with Crippen molar-refractivity contribution in [3.05, 3.63) is 0 Å². The van der Waals surface area contributed by atoms with Gasteiger partial charge in [0.1, 0.15) is 0 Å². The number of fused-ring (bicyclic) bond motifs is 5. The lowest BCUT2D eigenvalue weighted by Gasteiger charge is -2.63. The molecule has 0 heterocycles. The van der Waals surface area contributed by atoms with E-state index in [1.54, 1.807) is 0 Å². The molecule has 3 heteroatoms. The molecule has 1 spiro atoms. The van der Waals surface area contributed by atoms with Crippen molar-refractivity contribution < 1.29 is 15.3 Å². The second-order valence-corrected chi connectivity index (χ2v) is 17.3. The second-order valence-electron chi connectivity index (χ2n) is 17.3. The Balaban J connectivity index is 1.10. The van der Waals surface area contributed by atoms with Crippen LogP contribution >= 0.6 is 0 Å². The molecule has 9 atom stereocenters. The summed E-state index contributed by atoms with van der Waals surface area (Å²) in [6, 6.07) is 0. The first kappa shape index (κ1) is 28.0. The van der Waals surface area contributed by atoms with Crippen molar-refractivity contribution in [2.75, 3.05) is 0 Å². The molecule has 6 rings (SSSR count). The predicted molar refractivity (Wildman–Crippen MR) is 155 cm³/mol. The molecule has 38 heavy (non-hydrogen) atoms. The molecule has 0 amide bonds. The average molecular weight is 529 g/mol. The lowest BCUT2D eigenvalue weighted by atomic mass is 9.43. The quantitative estimate of drug-likeness (QED) is 0.338. The van der Waals surface area contributed by atoms with Crippen LogP contribution in [0.15, 0.2) is 0 Å². The Morgan fingerprint density at radius 3 is 2.08 bits per heavy atom. The molecule has 6 fully saturated rings. The maximum Gasteiger partial charge on any atom is 0.0930 e. The van der Waals surface area contributed by atoms with E-state index in [1.807, 2.05) is 13.8 Å². The van der Waals surface area contributed by atoms with Crippen LogP contribution in [-0.2, 0) is 0 Å². The highest BCUT2D eigenvalue weighted by molar-refractivity contribution is 5.12. The van der Waals surface area contributed by atoms with Crippen LogP contribution in [0.5, 0.6) is 0 Å². The lowest BCUT2D eigenvalue weighted by Crippen LogP contribution is -2.60. The van der Waals surface area contributed by atoms with Gasteiger partial charge in [0, 0.05) is 0 Å². The van der Waals surface area contributed by atoms with Gasteiger partial charge in [0.25, 0.3) is 0 Å². The summed E-state index contributed by atoms with van der Waals surface area (Å²) in [5.74, 6) is 4.58. The zero-order valence-corrected chi connectivity index (χ0v) is 25.5. The summed E-state index contributed by atoms with van der Waals surface area (Å²) < 4.78 is 0. The fourth-order valence-electron chi connectivity index (χ4n) is 12.1. The van der Waals surface area contributed by atoms with Gasteiger partial charge < -0.3 is 15.3 Å². The number of hydrogen-bond acceptors (Lipinski definition) is 3. The summed E-state index contributed by atoms with van der Waals surface area (Å²) >= 11 is 0. The van der Waals surface area contributed by atoms with Gasteiger partial charge in [-0.15, -0.1) is 0 Å². The van der Waals surface area contributed by atoms with E-state index in [1.165, 1.54) is 77.0 Å². The molecule has 0 aromatic carbocycles. The smallest absolute Gasteiger partial charge is 0.0930 e. The van der Waals surface area contributed by atoms with Crippen LogP contribution < -0.4 is 0 Å². The molecule has 0 aromatic heterocycles. The molecule has 6 saturated carbocycles. The maximum atomic E-state index is 11.5. The maximum absolute atomic E-state index is 11.5. The van der Waals surface area contributed by atoms with Crippen LogP contribution in [0.1, 0.15) is 150 Å². The van der Waals surface area contributed by atoms with E-state index >= 15 is 0 Å². The first-order valence-electron chi connectivity index (χ1n) is 16.9. The summed E-state index contributed by atoms with van der Waals surface area (Å²) in [7, 11) is 0. The summed E-state index contributed by atoms with van der Waals surface area (Å²) in [6.07, 6.45) is 21.8. The van der Waals surface area contributed by atoms with E-state index in [-0.39, 0.29) is 5.60 Å². The fraction of sp³-hybridized carbons (Fsp3) is 1.00. The zero-order chi connectivity index (χ0) is 27.2. The standard InChI is InChI=1S/C35H60O3/c1-24(11-16-34(37)20-18-33(19-21-34)13-6-14-33)27-9-10-28-26-8-7-25-23-35(38,30(2,3)36)22-17-31(25,4)29(26)12-15-32(27,28)5/h24-29,36-38H,6-23H2,1-5H3/t24-,25+,26+,27-,28+,29+,31+,32-,35+/m1/s1. The van der Waals surface area contributed by atoms with Crippen LogP contribution in [0.2, 0.25) is 0 Å². The Morgan fingerprint density at radius 2 is 1.45 bits per heavy atom. The molecule has 218 valence electrons. The SMILES string of the molecule is C[C@H](CCC1(O)CCC2(CCC2)CC1)[C@H]1CC[C@H]2[C@@H]3CC[C@H]4C[C@](O)(C(C)(C)O)CC[C@]4(C)[C@H]3CC[C@]12C. The van der Waals surface area contributed by atoms with Crippen LogP contribution in [0.25, 0.3) is 0 Å². The minimum atomic E-state index is -1.02. The fourth-order valence-corrected chi connectivity index (χ4v) is 12.1. The molecule has 0 bridgehead atoms. The Kier molecular flexibility index (Phi) is 6.78. The van der Waals surface area contributed by atoms with Crippen molar-refractivity contribution in [1.29, 1.82) is 0 Å². The third-order valence-electron chi connectivity index (χ3n) is 15.3. The van der Waals surface area contributed by atoms with Crippen molar-refractivity contribution in [1.82, 2.24) is 0 Å². The molecule has 0 unspecified atom stereocenters. The topological polar surface area (TPSA) is 60.7 Å². The summed E-state index contributed by atoms with van der Waals surface area (Å²) in [6.45, 7) is 11.4. The molecule has 6 aliphatic carbocycles. The Labute approximate surface area is 233 Å². The highest BCUT2D eigenvalue weighted by atomic mass is 16.4. The lowest BCUT2D eigenvalue weighted by molar-refractivity contribution is -0.204. The van der Waals surface area contributed by atoms with Crippen LogP contribution in [0.4, 0.5) is 0 Å². The van der Waals surface area contributed by atoms with Crippen LogP contribution in [0.3, 0.4) is 0 Å². The Morgan fingerprint density at radius 1 is 0.763 bits per heavy atom. The van der Waals surface area contributed by atoms with E-state index in [2.05, 4.69) is 20.8 Å². The summed E-state index contributed by atoms with van der Waals surface area (Å²) in [5, 5.41) is 33.6. The van der Waals surface area contributed by atoms with Crippen LogP contribution in [0, 0.1) is 51.8 Å². The largest absolute Gasteiger partial charge is 0.390 e. The highest BCUT2D eigenvalue weighted by Gasteiger charge is 2.63. The average Bonchev–Trinajstić information content (AvgIpc) is 3.19. The summed E-state index contributed by atoms with van der Waals surface area (Å²) in [4.78, 5) is 0. The van der Waals surface area contributed by atoms with Gasteiger partial charge in [0.05, 0.1) is 16.8 Å². The Hall–Kier alpha value is -0.120. The normalized spacial score (nSPS) is 48.5. The zero-order valence-electron chi connectivity index (χ0n) is 25.5. The van der Waals surface area contributed by atoms with Gasteiger partial charge in [0.2, 0.25) is 0 Å². The molecular formula is C35H60O3. The van der Waals surface area contributed by atoms with Gasteiger partial charge >= 0.3 is 0 Å². The molecule has 0 aromatic rings. The van der Waals surface area contributed by atoms with Crippen molar-refractivity contribution in [2.45, 2.75) is 167 Å². The van der Waals surface area contributed by atoms with Gasteiger partial charge in [-0.25, -0.2) is 0 Å². The van der Waals surface area contributed by atoms with Crippen molar-refractivity contribution in [3.63, 3.8) is 0 Å². The summed E-state index contributed by atoms with van der Waals surface area (Å²) in [5.41, 5.74) is -0.907. The van der Waals surface area contributed by atoms with Gasteiger partial charge in [-0.1, -0.05) is 27.2 Å². The van der Waals surface area contributed by atoms with E-state index in [0.717, 1.165) is 62.2 Å². The molecule has 6 aliphatic rings. The van der Waals surface area contributed by atoms with E-state index in [4.69, 9.17) is 0 Å². The number of hydrogen-bond donors (Lipinski definition) is 3. The monoisotopic (exact) mass is 528 g/mol. The van der Waals surface area contributed by atoms with E-state index in [9.17, 15) is 15.3 Å². The van der Waals surface area contributed by atoms with Crippen LogP contribution in [-0.4, -0.2) is 32.1 Å². The van der Waals surface area contributed by atoms with Gasteiger partial charge in [0.15, 0.2) is 0 Å². The van der Waals surface area contributed by atoms with E-state index < -0.39 is 11.2 Å². The Bertz CT molecular complexity index is 876. The molecule has 3 nitrogen and oxygen atoms in total. The van der Waals surface area contributed by atoms with Crippen molar-refractivity contribution >= 4 is 0 Å². The minimum Gasteiger partial charge on any atom is -0.390 e. The third kappa shape index (κ3) is 4.29. The molecule has 0 aliphatic heterocycles. The first-order valence-corrected chi connectivity index (χ1v) is 16.9. The van der Waals surface area contributed by atoms with Crippen molar-refractivity contribution in [2.24, 2.45) is 51.8 Å². The van der Waals surface area contributed by atoms with E-state index in [0.29, 0.717) is 28.1 Å². The minimum absolute atomic E-state index is 0.327. The second kappa shape index (κ2) is 9.19. The molecule has 3 N–H and O–H groups in total. The van der Waals surface area contributed by atoms with Gasteiger partial charge in [-0.05, 0) is 175 Å². The molecular weight excluding hydrogens is 468 g/mol. The van der Waals surface area contributed by atoms with Gasteiger partial charge in [-0.3, -0.25) is 0 Å².